The maximum Gasteiger partial charge on any atom is 0.277 e. The van der Waals surface area contributed by atoms with E-state index in [0.29, 0.717) is 12.2 Å². The number of fused-ring (bicyclic) bond motifs is 1. The summed E-state index contributed by atoms with van der Waals surface area (Å²) in [6.45, 7) is 12.7. The van der Waals surface area contributed by atoms with Crippen LogP contribution < -0.4 is 10.2 Å². The largest absolute Gasteiger partial charge is 0.350 e. The second-order valence-electron chi connectivity index (χ2n) is 10.2. The van der Waals surface area contributed by atoms with Crippen LogP contribution in [0.3, 0.4) is 0 Å². The summed E-state index contributed by atoms with van der Waals surface area (Å²) in [7, 11) is 0. The Morgan fingerprint density at radius 2 is 1.79 bits per heavy atom. The van der Waals surface area contributed by atoms with Gasteiger partial charge in [-0.2, -0.15) is 5.10 Å². The normalized spacial score (nSPS) is 18.2. The second-order valence-corrected chi connectivity index (χ2v) is 10.2. The van der Waals surface area contributed by atoms with Crippen LogP contribution in [0.15, 0.2) is 54.6 Å². The van der Waals surface area contributed by atoms with E-state index in [2.05, 4.69) is 26.1 Å². The minimum atomic E-state index is -1.14. The van der Waals surface area contributed by atoms with Crippen LogP contribution >= 0.6 is 0 Å². The zero-order valence-electron chi connectivity index (χ0n) is 20.3. The molecule has 33 heavy (non-hydrogen) atoms. The monoisotopic (exact) mass is 444 g/mol. The molecule has 4 rings (SSSR count). The third kappa shape index (κ3) is 4.17. The predicted octanol–water partition coefficient (Wildman–Crippen LogP) is 4.53. The van der Waals surface area contributed by atoms with Crippen molar-refractivity contribution < 1.29 is 9.59 Å². The average molecular weight is 445 g/mol. The molecule has 1 atom stereocenters. The molecular formula is C27H32N4O2. The quantitative estimate of drug-likeness (QED) is 0.643. The number of carbonyl (C=O) groups is 2. The summed E-state index contributed by atoms with van der Waals surface area (Å²) in [5, 5.41) is 7.78. The molecule has 0 spiro atoms. The average Bonchev–Trinajstić information content (AvgIpc) is 3.20. The molecule has 1 aromatic heterocycles. The van der Waals surface area contributed by atoms with Gasteiger partial charge in [0, 0.05) is 17.6 Å². The van der Waals surface area contributed by atoms with Crippen LogP contribution in [0.25, 0.3) is 0 Å². The predicted molar refractivity (Wildman–Crippen MR) is 130 cm³/mol. The van der Waals surface area contributed by atoms with Gasteiger partial charge in [-0.1, -0.05) is 63.2 Å². The highest BCUT2D eigenvalue weighted by Crippen LogP contribution is 2.36. The zero-order valence-corrected chi connectivity index (χ0v) is 20.3. The third-order valence-corrected chi connectivity index (χ3v) is 6.31. The molecule has 2 amide bonds. The van der Waals surface area contributed by atoms with Crippen LogP contribution in [-0.4, -0.2) is 27.1 Å². The molecule has 1 aliphatic rings. The van der Waals surface area contributed by atoms with Gasteiger partial charge < -0.3 is 5.32 Å². The van der Waals surface area contributed by atoms with Gasteiger partial charge in [-0.05, 0) is 49.6 Å². The number of carbonyl (C=O) groups excluding carboxylic acids is 2. The van der Waals surface area contributed by atoms with E-state index in [1.807, 2.05) is 75.4 Å². The van der Waals surface area contributed by atoms with Crippen LogP contribution in [0, 0.1) is 13.8 Å². The number of aryl methyl sites for hydroxylation is 2. The zero-order chi connectivity index (χ0) is 24.0. The SMILES string of the molecule is Cc1ccc(C)c(N2C(=O)c3cc(C(C)(C)C)nn3CC2(C)C(=O)NCc2ccccc2)c1. The Bertz CT molecular complexity index is 1210. The van der Waals surface area contributed by atoms with E-state index in [4.69, 9.17) is 5.10 Å². The molecule has 6 nitrogen and oxygen atoms in total. The summed E-state index contributed by atoms with van der Waals surface area (Å²) in [6, 6.07) is 17.6. The molecule has 1 N–H and O–H groups in total. The summed E-state index contributed by atoms with van der Waals surface area (Å²) < 4.78 is 1.70. The number of anilines is 1. The van der Waals surface area contributed by atoms with Gasteiger partial charge in [0.15, 0.2) is 0 Å². The van der Waals surface area contributed by atoms with Crippen molar-refractivity contribution in [3.8, 4) is 0 Å². The molecule has 172 valence electrons. The number of hydrogen-bond acceptors (Lipinski definition) is 3. The van der Waals surface area contributed by atoms with Gasteiger partial charge in [0.05, 0.1) is 12.2 Å². The van der Waals surface area contributed by atoms with E-state index in [1.54, 1.807) is 9.58 Å². The van der Waals surface area contributed by atoms with Crippen molar-refractivity contribution in [2.75, 3.05) is 4.90 Å². The minimum absolute atomic E-state index is 0.208. The number of nitrogens with zero attached hydrogens (tertiary/aromatic N) is 3. The molecule has 0 fully saturated rings. The molecule has 0 bridgehead atoms. The summed E-state index contributed by atoms with van der Waals surface area (Å²) in [4.78, 5) is 29.3. The number of benzene rings is 2. The van der Waals surface area contributed by atoms with Crippen LogP contribution in [0.2, 0.25) is 0 Å². The fourth-order valence-electron chi connectivity index (χ4n) is 4.25. The van der Waals surface area contributed by atoms with Crippen molar-refractivity contribution in [3.05, 3.63) is 82.7 Å². The molecule has 0 aliphatic carbocycles. The first-order chi connectivity index (χ1) is 15.5. The van der Waals surface area contributed by atoms with Crippen molar-refractivity contribution >= 4 is 17.5 Å². The Hall–Kier alpha value is -3.41. The van der Waals surface area contributed by atoms with Gasteiger partial charge in [0.25, 0.3) is 5.91 Å². The van der Waals surface area contributed by atoms with Crippen molar-refractivity contribution in [1.82, 2.24) is 15.1 Å². The molecule has 1 unspecified atom stereocenters. The second kappa shape index (κ2) is 8.18. The summed E-state index contributed by atoms with van der Waals surface area (Å²) in [5.41, 5.74) is 3.73. The maximum atomic E-state index is 13.9. The summed E-state index contributed by atoms with van der Waals surface area (Å²) >= 11 is 0. The maximum absolute atomic E-state index is 13.9. The Labute approximate surface area is 195 Å². The molecule has 2 heterocycles. The van der Waals surface area contributed by atoms with Crippen molar-refractivity contribution in [1.29, 1.82) is 0 Å². The van der Waals surface area contributed by atoms with E-state index >= 15 is 0 Å². The Morgan fingerprint density at radius 1 is 1.09 bits per heavy atom. The number of aromatic nitrogens is 2. The van der Waals surface area contributed by atoms with Gasteiger partial charge in [0.2, 0.25) is 5.91 Å². The first-order valence-corrected chi connectivity index (χ1v) is 11.3. The third-order valence-electron chi connectivity index (χ3n) is 6.31. The highest BCUT2D eigenvalue weighted by molar-refractivity contribution is 6.12. The fraction of sp³-hybridized carbons (Fsp3) is 0.370. The molecule has 0 saturated carbocycles. The van der Waals surface area contributed by atoms with Gasteiger partial charge in [-0.25, -0.2) is 0 Å². The Morgan fingerprint density at radius 3 is 2.45 bits per heavy atom. The summed E-state index contributed by atoms with van der Waals surface area (Å²) in [6.07, 6.45) is 0. The lowest BCUT2D eigenvalue weighted by Gasteiger charge is -2.43. The Kier molecular flexibility index (Phi) is 5.64. The van der Waals surface area contributed by atoms with E-state index in [9.17, 15) is 9.59 Å². The molecule has 0 radical (unpaired) electrons. The number of amides is 2. The lowest BCUT2D eigenvalue weighted by Crippen LogP contribution is -2.64. The fourth-order valence-corrected chi connectivity index (χ4v) is 4.25. The van der Waals surface area contributed by atoms with E-state index in [-0.39, 0.29) is 23.8 Å². The van der Waals surface area contributed by atoms with Gasteiger partial charge in [-0.15, -0.1) is 0 Å². The lowest BCUT2D eigenvalue weighted by molar-refractivity contribution is -0.126. The Balaban J connectivity index is 1.79. The highest BCUT2D eigenvalue weighted by atomic mass is 16.2. The standard InChI is InChI=1S/C27H32N4O2/c1-18-12-13-19(2)21(14-18)31-24(32)22-15-23(26(3,4)5)29-30(22)17-27(31,6)25(33)28-16-20-10-8-7-9-11-20/h7-15H,16-17H2,1-6H3,(H,28,33). The topological polar surface area (TPSA) is 67.2 Å². The number of rotatable bonds is 4. The molecule has 2 aromatic carbocycles. The van der Waals surface area contributed by atoms with Gasteiger partial charge >= 0.3 is 0 Å². The highest BCUT2D eigenvalue weighted by Gasteiger charge is 2.49. The van der Waals surface area contributed by atoms with Crippen molar-refractivity contribution in [2.45, 2.75) is 65.6 Å². The van der Waals surface area contributed by atoms with Crippen molar-refractivity contribution in [3.63, 3.8) is 0 Å². The van der Waals surface area contributed by atoms with Crippen LogP contribution in [0.4, 0.5) is 5.69 Å². The van der Waals surface area contributed by atoms with E-state index in [1.165, 1.54) is 0 Å². The lowest BCUT2D eigenvalue weighted by atomic mass is 9.91. The van der Waals surface area contributed by atoms with Gasteiger partial charge in [0.1, 0.15) is 11.2 Å². The molecule has 1 aliphatic heterocycles. The minimum Gasteiger partial charge on any atom is -0.350 e. The first-order valence-electron chi connectivity index (χ1n) is 11.3. The van der Waals surface area contributed by atoms with Crippen LogP contribution in [0.5, 0.6) is 0 Å². The molecule has 3 aromatic rings. The first kappa shape index (κ1) is 22.8. The number of nitrogens with one attached hydrogen (secondary N) is 1. The number of hydrogen-bond donors (Lipinski definition) is 1. The molecular weight excluding hydrogens is 412 g/mol. The van der Waals surface area contributed by atoms with Gasteiger partial charge in [-0.3, -0.25) is 19.2 Å². The van der Waals surface area contributed by atoms with Crippen molar-refractivity contribution in [2.24, 2.45) is 0 Å². The van der Waals surface area contributed by atoms with E-state index < -0.39 is 5.54 Å². The smallest absolute Gasteiger partial charge is 0.277 e. The van der Waals surface area contributed by atoms with Crippen LogP contribution in [-0.2, 0) is 23.3 Å². The summed E-state index contributed by atoms with van der Waals surface area (Å²) in [5.74, 6) is -0.422. The molecule has 0 saturated heterocycles. The van der Waals surface area contributed by atoms with Crippen LogP contribution in [0.1, 0.15) is 60.6 Å². The molecule has 6 heteroatoms. The van der Waals surface area contributed by atoms with E-state index in [0.717, 1.165) is 28.1 Å².